The molecule has 0 aliphatic heterocycles. The van der Waals surface area contributed by atoms with Crippen LogP contribution in [0.4, 0.5) is 0 Å². The number of rotatable bonds is 11. The number of nitrogens with zero attached hydrogens (tertiary/aromatic N) is 1. The normalized spacial score (nSPS) is 11.9. The van der Waals surface area contributed by atoms with Crippen LogP contribution in [0.15, 0.2) is 59.2 Å². The van der Waals surface area contributed by atoms with Gasteiger partial charge in [-0.1, -0.05) is 39.0 Å². The van der Waals surface area contributed by atoms with Crippen molar-refractivity contribution in [2.45, 2.75) is 39.7 Å². The molecule has 0 fully saturated rings. The minimum absolute atomic E-state index is 0.235. The van der Waals surface area contributed by atoms with Gasteiger partial charge in [-0.15, -0.1) is 0 Å². The third-order valence-electron chi connectivity index (χ3n) is 4.78. The summed E-state index contributed by atoms with van der Waals surface area (Å²) in [6, 6.07) is 14.5. The third kappa shape index (κ3) is 6.34. The first kappa shape index (κ1) is 23.3. The Bertz CT molecular complexity index is 1000. The van der Waals surface area contributed by atoms with Gasteiger partial charge >= 0.3 is 0 Å². The molecule has 0 aliphatic carbocycles. The SMILES string of the molecule is CCC(Cc1coc(-c2ccc(OC)c(OCC(C)C)c2)n1)ONC(=O)c1ccccc1. The van der Waals surface area contributed by atoms with Gasteiger partial charge in [-0.25, -0.2) is 10.5 Å². The van der Waals surface area contributed by atoms with Crippen molar-refractivity contribution in [2.24, 2.45) is 5.92 Å². The molecule has 0 saturated carbocycles. The molecule has 1 unspecified atom stereocenters. The number of aromatic nitrogens is 1. The van der Waals surface area contributed by atoms with Gasteiger partial charge in [-0.05, 0) is 42.7 Å². The van der Waals surface area contributed by atoms with E-state index in [0.717, 1.165) is 11.3 Å². The molecule has 2 aromatic carbocycles. The van der Waals surface area contributed by atoms with Gasteiger partial charge in [0.15, 0.2) is 11.5 Å². The zero-order chi connectivity index (χ0) is 22.9. The third-order valence-corrected chi connectivity index (χ3v) is 4.78. The van der Waals surface area contributed by atoms with E-state index in [1.165, 1.54) is 0 Å². The Hall–Kier alpha value is -3.32. The van der Waals surface area contributed by atoms with E-state index in [1.807, 2.05) is 43.3 Å². The van der Waals surface area contributed by atoms with Crippen molar-refractivity contribution >= 4 is 5.91 Å². The van der Waals surface area contributed by atoms with Crippen molar-refractivity contribution in [2.75, 3.05) is 13.7 Å². The van der Waals surface area contributed by atoms with Crippen molar-refractivity contribution in [3.05, 3.63) is 66.1 Å². The summed E-state index contributed by atoms with van der Waals surface area (Å²) in [5, 5.41) is 0. The summed E-state index contributed by atoms with van der Waals surface area (Å²) in [7, 11) is 1.61. The van der Waals surface area contributed by atoms with Crippen LogP contribution in [0.1, 0.15) is 43.2 Å². The number of hydrogen-bond acceptors (Lipinski definition) is 6. The van der Waals surface area contributed by atoms with E-state index in [4.69, 9.17) is 18.7 Å². The Labute approximate surface area is 188 Å². The smallest absolute Gasteiger partial charge is 0.274 e. The van der Waals surface area contributed by atoms with E-state index in [0.29, 0.717) is 48.3 Å². The molecule has 7 nitrogen and oxygen atoms in total. The molecule has 3 rings (SSSR count). The van der Waals surface area contributed by atoms with Crippen LogP contribution in [0.25, 0.3) is 11.5 Å². The molecule has 3 aromatic rings. The molecule has 0 radical (unpaired) electrons. The fraction of sp³-hybridized carbons (Fsp3) is 0.360. The number of oxazole rings is 1. The highest BCUT2D eigenvalue weighted by Gasteiger charge is 2.16. The largest absolute Gasteiger partial charge is 0.493 e. The second-order valence-corrected chi connectivity index (χ2v) is 7.86. The minimum Gasteiger partial charge on any atom is -0.493 e. The summed E-state index contributed by atoms with van der Waals surface area (Å²) in [4.78, 5) is 22.4. The maximum absolute atomic E-state index is 12.2. The lowest BCUT2D eigenvalue weighted by molar-refractivity contribution is -0.0175. The Morgan fingerprint density at radius 1 is 1.12 bits per heavy atom. The van der Waals surface area contributed by atoms with Crippen LogP contribution >= 0.6 is 0 Å². The molecule has 7 heteroatoms. The summed E-state index contributed by atoms with van der Waals surface area (Å²) in [6.45, 7) is 6.75. The van der Waals surface area contributed by atoms with E-state index in [9.17, 15) is 4.79 Å². The first-order valence-corrected chi connectivity index (χ1v) is 10.8. The minimum atomic E-state index is -0.281. The number of ether oxygens (including phenoxy) is 2. The summed E-state index contributed by atoms with van der Waals surface area (Å²) < 4.78 is 17.0. The molecule has 32 heavy (non-hydrogen) atoms. The Morgan fingerprint density at radius 3 is 2.59 bits per heavy atom. The van der Waals surface area contributed by atoms with Crippen LogP contribution in [0.2, 0.25) is 0 Å². The van der Waals surface area contributed by atoms with Crippen LogP contribution in [0, 0.1) is 5.92 Å². The number of benzene rings is 2. The van der Waals surface area contributed by atoms with Crippen LogP contribution in [0.5, 0.6) is 11.5 Å². The predicted octanol–water partition coefficient (Wildman–Crippen LogP) is 5.07. The fourth-order valence-corrected chi connectivity index (χ4v) is 3.00. The Balaban J connectivity index is 1.64. The molecule has 170 valence electrons. The molecule has 1 heterocycles. The highest BCUT2D eigenvalue weighted by molar-refractivity contribution is 5.93. The van der Waals surface area contributed by atoms with Crippen molar-refractivity contribution in [3.8, 4) is 23.0 Å². The number of hydroxylamine groups is 1. The van der Waals surface area contributed by atoms with Gasteiger partial charge in [-0.3, -0.25) is 9.63 Å². The van der Waals surface area contributed by atoms with Gasteiger partial charge in [-0.2, -0.15) is 0 Å². The average molecular weight is 439 g/mol. The molecule has 1 atom stereocenters. The number of hydrogen-bond donors (Lipinski definition) is 1. The van der Waals surface area contributed by atoms with Crippen LogP contribution in [-0.4, -0.2) is 30.7 Å². The zero-order valence-corrected chi connectivity index (χ0v) is 19.0. The second kappa shape index (κ2) is 11.3. The Kier molecular flexibility index (Phi) is 8.27. The van der Waals surface area contributed by atoms with Crippen molar-refractivity contribution in [1.29, 1.82) is 0 Å². The maximum Gasteiger partial charge on any atom is 0.274 e. The lowest BCUT2D eigenvalue weighted by Crippen LogP contribution is -2.30. The first-order chi connectivity index (χ1) is 15.5. The molecule has 1 N–H and O–H groups in total. The molecular formula is C25H30N2O5. The molecule has 1 aromatic heterocycles. The van der Waals surface area contributed by atoms with Gasteiger partial charge in [0.2, 0.25) is 5.89 Å². The fourth-order valence-electron chi connectivity index (χ4n) is 3.00. The quantitative estimate of drug-likeness (QED) is 0.421. The van der Waals surface area contributed by atoms with Gasteiger partial charge < -0.3 is 13.9 Å². The molecular weight excluding hydrogens is 408 g/mol. The topological polar surface area (TPSA) is 82.8 Å². The molecule has 0 bridgehead atoms. The monoisotopic (exact) mass is 438 g/mol. The Morgan fingerprint density at radius 2 is 1.91 bits per heavy atom. The zero-order valence-electron chi connectivity index (χ0n) is 19.0. The van der Waals surface area contributed by atoms with Crippen molar-refractivity contribution in [1.82, 2.24) is 10.5 Å². The number of amides is 1. The van der Waals surface area contributed by atoms with Gasteiger partial charge in [0, 0.05) is 17.5 Å². The van der Waals surface area contributed by atoms with Gasteiger partial charge in [0.1, 0.15) is 6.26 Å². The van der Waals surface area contributed by atoms with Gasteiger partial charge in [0.05, 0.1) is 25.5 Å². The summed E-state index contributed by atoms with van der Waals surface area (Å²) in [5.41, 5.74) is 4.60. The average Bonchev–Trinajstić information content (AvgIpc) is 3.29. The first-order valence-electron chi connectivity index (χ1n) is 10.8. The molecule has 1 amide bonds. The summed E-state index contributed by atoms with van der Waals surface area (Å²) >= 11 is 0. The highest BCUT2D eigenvalue weighted by Crippen LogP contribution is 2.32. The number of carbonyl (C=O) groups excluding carboxylic acids is 1. The lowest BCUT2D eigenvalue weighted by Gasteiger charge is -2.14. The van der Waals surface area contributed by atoms with Crippen LogP contribution < -0.4 is 15.0 Å². The second-order valence-electron chi connectivity index (χ2n) is 7.86. The highest BCUT2D eigenvalue weighted by atomic mass is 16.7. The summed E-state index contributed by atoms with van der Waals surface area (Å²) in [6.07, 6.45) is 2.58. The van der Waals surface area contributed by atoms with E-state index >= 15 is 0 Å². The van der Waals surface area contributed by atoms with Crippen molar-refractivity contribution in [3.63, 3.8) is 0 Å². The van der Waals surface area contributed by atoms with E-state index in [1.54, 1.807) is 25.5 Å². The molecule has 0 spiro atoms. The van der Waals surface area contributed by atoms with E-state index in [-0.39, 0.29) is 12.0 Å². The summed E-state index contributed by atoms with van der Waals surface area (Å²) in [5.74, 6) is 1.91. The number of nitrogens with one attached hydrogen (secondary N) is 1. The standard InChI is InChI=1S/C25H30N2O5/c1-5-21(32-27-24(28)18-9-7-6-8-10-18)14-20-16-31-25(26-20)19-11-12-22(29-4)23(13-19)30-15-17(2)3/h6-13,16-17,21H,5,14-15H2,1-4H3,(H,27,28). The molecule has 0 aliphatic rings. The van der Waals surface area contributed by atoms with Crippen molar-refractivity contribution < 1.29 is 23.5 Å². The molecule has 0 saturated heterocycles. The van der Waals surface area contributed by atoms with Crippen LogP contribution in [-0.2, 0) is 11.3 Å². The van der Waals surface area contributed by atoms with Gasteiger partial charge in [0.25, 0.3) is 5.91 Å². The predicted molar refractivity (Wildman–Crippen MR) is 122 cm³/mol. The lowest BCUT2D eigenvalue weighted by atomic mass is 10.1. The van der Waals surface area contributed by atoms with E-state index in [2.05, 4.69) is 24.3 Å². The van der Waals surface area contributed by atoms with E-state index < -0.39 is 0 Å². The maximum atomic E-state index is 12.2. The number of carbonyl (C=O) groups is 1. The van der Waals surface area contributed by atoms with Crippen LogP contribution in [0.3, 0.4) is 0 Å². The number of methoxy groups -OCH3 is 1.